The summed E-state index contributed by atoms with van der Waals surface area (Å²) in [5, 5.41) is 20.3. The Morgan fingerprint density at radius 2 is 2.14 bits per heavy atom. The third-order valence-electron chi connectivity index (χ3n) is 3.45. The minimum absolute atomic E-state index is 0.230. The van der Waals surface area contributed by atoms with Crippen LogP contribution in [-0.2, 0) is 11.3 Å². The van der Waals surface area contributed by atoms with Gasteiger partial charge in [-0.2, -0.15) is 0 Å². The third-order valence-corrected chi connectivity index (χ3v) is 5.06. The van der Waals surface area contributed by atoms with E-state index in [4.69, 9.17) is 4.42 Å². The zero-order chi connectivity index (χ0) is 15.5. The van der Waals surface area contributed by atoms with Crippen LogP contribution in [-0.4, -0.2) is 26.8 Å². The van der Waals surface area contributed by atoms with E-state index in [2.05, 4.69) is 31.4 Å². The molecule has 21 heavy (non-hydrogen) atoms. The van der Waals surface area contributed by atoms with Gasteiger partial charge in [-0.1, -0.05) is 13.8 Å². The van der Waals surface area contributed by atoms with Gasteiger partial charge in [0.15, 0.2) is 0 Å². The Kier molecular flexibility index (Phi) is 5.13. The van der Waals surface area contributed by atoms with Crippen molar-refractivity contribution in [1.29, 1.82) is 0 Å². The van der Waals surface area contributed by atoms with Crippen molar-refractivity contribution in [3.05, 3.63) is 21.8 Å². The van der Waals surface area contributed by atoms with Crippen LogP contribution in [0.1, 0.15) is 32.6 Å². The van der Waals surface area contributed by atoms with E-state index in [1.54, 1.807) is 0 Å². The summed E-state index contributed by atoms with van der Waals surface area (Å²) in [5.74, 6) is -0.0482. The lowest BCUT2D eigenvalue weighted by molar-refractivity contribution is -0.145. The van der Waals surface area contributed by atoms with Crippen LogP contribution in [0.25, 0.3) is 10.8 Å². The van der Waals surface area contributed by atoms with Gasteiger partial charge in [-0.25, -0.2) is 0 Å². The molecule has 0 aromatic carbocycles. The van der Waals surface area contributed by atoms with Crippen molar-refractivity contribution in [3.63, 3.8) is 0 Å². The first-order valence-electron chi connectivity index (χ1n) is 6.57. The Bertz CT molecular complexity index is 622. The summed E-state index contributed by atoms with van der Waals surface area (Å²) < 4.78 is 6.54. The maximum absolute atomic E-state index is 11.4. The Morgan fingerprint density at radius 3 is 2.67 bits per heavy atom. The van der Waals surface area contributed by atoms with E-state index in [0.717, 1.165) is 8.66 Å². The standard InChI is InChI=1S/C13H16BrN3O3S/c1-3-13(4-2,12(18)19)15-7-10-16-17-11(20-10)8-5-6-9(14)21-8/h5-6,15H,3-4,7H2,1-2H3,(H,18,19). The smallest absolute Gasteiger partial charge is 0.323 e. The fourth-order valence-corrected chi connectivity index (χ4v) is 3.28. The highest BCUT2D eigenvalue weighted by Gasteiger charge is 2.34. The van der Waals surface area contributed by atoms with E-state index in [1.807, 2.05) is 26.0 Å². The van der Waals surface area contributed by atoms with Crippen LogP contribution >= 0.6 is 27.3 Å². The highest BCUT2D eigenvalue weighted by molar-refractivity contribution is 9.11. The minimum Gasteiger partial charge on any atom is -0.480 e. The van der Waals surface area contributed by atoms with E-state index in [9.17, 15) is 9.90 Å². The molecule has 0 fully saturated rings. The fourth-order valence-electron chi connectivity index (χ4n) is 1.98. The SMILES string of the molecule is CCC(CC)(NCc1nnc(-c2ccc(Br)s2)o1)C(=O)O. The summed E-state index contributed by atoms with van der Waals surface area (Å²) in [6.07, 6.45) is 0.968. The molecule has 2 aromatic rings. The van der Waals surface area contributed by atoms with Crippen LogP contribution in [0.3, 0.4) is 0 Å². The summed E-state index contributed by atoms with van der Waals surface area (Å²) in [7, 11) is 0. The Morgan fingerprint density at radius 1 is 1.43 bits per heavy atom. The number of aromatic nitrogens is 2. The maximum Gasteiger partial charge on any atom is 0.323 e. The van der Waals surface area contributed by atoms with Gasteiger partial charge in [-0.05, 0) is 40.9 Å². The highest BCUT2D eigenvalue weighted by atomic mass is 79.9. The van der Waals surface area contributed by atoms with Gasteiger partial charge in [0.1, 0.15) is 5.54 Å². The number of aliphatic carboxylic acids is 1. The maximum atomic E-state index is 11.4. The van der Waals surface area contributed by atoms with Crippen molar-refractivity contribution in [2.45, 2.75) is 38.8 Å². The molecule has 6 nitrogen and oxygen atoms in total. The second-order valence-electron chi connectivity index (χ2n) is 4.55. The van der Waals surface area contributed by atoms with Gasteiger partial charge in [-0.15, -0.1) is 21.5 Å². The van der Waals surface area contributed by atoms with Gasteiger partial charge in [0, 0.05) is 0 Å². The van der Waals surface area contributed by atoms with Crippen LogP contribution in [0.4, 0.5) is 0 Å². The topological polar surface area (TPSA) is 88.3 Å². The molecule has 0 spiro atoms. The molecule has 0 saturated carbocycles. The molecule has 0 radical (unpaired) electrons. The Hall–Kier alpha value is -1.25. The normalized spacial score (nSPS) is 11.8. The first-order chi connectivity index (χ1) is 10.0. The molecule has 0 amide bonds. The van der Waals surface area contributed by atoms with E-state index >= 15 is 0 Å². The number of carbonyl (C=O) groups is 1. The molecule has 2 aromatic heterocycles. The van der Waals surface area contributed by atoms with Crippen LogP contribution in [0.5, 0.6) is 0 Å². The van der Waals surface area contributed by atoms with Crippen LogP contribution in [0, 0.1) is 0 Å². The molecule has 0 bridgehead atoms. The molecule has 2 heterocycles. The van der Waals surface area contributed by atoms with E-state index in [1.165, 1.54) is 11.3 Å². The van der Waals surface area contributed by atoms with E-state index in [0.29, 0.717) is 24.6 Å². The fraction of sp³-hybridized carbons (Fsp3) is 0.462. The number of thiophene rings is 1. The molecular formula is C13H16BrN3O3S. The van der Waals surface area contributed by atoms with Gasteiger partial charge in [0.25, 0.3) is 5.89 Å². The monoisotopic (exact) mass is 373 g/mol. The van der Waals surface area contributed by atoms with Crippen molar-refractivity contribution >= 4 is 33.2 Å². The van der Waals surface area contributed by atoms with Crippen molar-refractivity contribution < 1.29 is 14.3 Å². The van der Waals surface area contributed by atoms with Gasteiger partial charge < -0.3 is 9.52 Å². The molecule has 0 unspecified atom stereocenters. The second-order valence-corrected chi connectivity index (χ2v) is 7.02. The van der Waals surface area contributed by atoms with Crippen LogP contribution in [0.15, 0.2) is 20.3 Å². The lowest BCUT2D eigenvalue weighted by atomic mass is 9.93. The number of nitrogens with one attached hydrogen (secondary N) is 1. The average molecular weight is 374 g/mol. The molecule has 0 aliphatic carbocycles. The minimum atomic E-state index is -0.958. The van der Waals surface area contributed by atoms with Gasteiger partial charge in [0.05, 0.1) is 15.2 Å². The largest absolute Gasteiger partial charge is 0.480 e. The molecule has 114 valence electrons. The third kappa shape index (κ3) is 3.50. The van der Waals surface area contributed by atoms with Gasteiger partial charge in [0.2, 0.25) is 5.89 Å². The Labute approximate surface area is 134 Å². The number of nitrogens with zero attached hydrogens (tertiary/aromatic N) is 2. The Balaban J connectivity index is 2.07. The first-order valence-corrected chi connectivity index (χ1v) is 8.18. The number of rotatable bonds is 7. The van der Waals surface area contributed by atoms with Crippen molar-refractivity contribution in [2.24, 2.45) is 0 Å². The van der Waals surface area contributed by atoms with Crippen molar-refractivity contribution in [1.82, 2.24) is 15.5 Å². The van der Waals surface area contributed by atoms with Gasteiger partial charge >= 0.3 is 5.97 Å². The second kappa shape index (κ2) is 6.67. The highest BCUT2D eigenvalue weighted by Crippen LogP contribution is 2.30. The molecule has 0 aliphatic heterocycles. The average Bonchev–Trinajstić information content (AvgIpc) is 3.09. The molecule has 0 saturated heterocycles. The van der Waals surface area contributed by atoms with E-state index < -0.39 is 11.5 Å². The molecule has 2 N–H and O–H groups in total. The number of carboxylic acids is 1. The molecule has 0 aliphatic rings. The number of halogens is 1. The first kappa shape index (κ1) is 16.1. The summed E-state index contributed by atoms with van der Waals surface area (Å²) >= 11 is 4.88. The summed E-state index contributed by atoms with van der Waals surface area (Å²) in [6, 6.07) is 3.80. The molecular weight excluding hydrogens is 358 g/mol. The summed E-state index contributed by atoms with van der Waals surface area (Å²) in [6.45, 7) is 3.91. The van der Waals surface area contributed by atoms with Crippen molar-refractivity contribution in [2.75, 3.05) is 0 Å². The molecule has 8 heteroatoms. The zero-order valence-corrected chi connectivity index (χ0v) is 14.1. The summed E-state index contributed by atoms with van der Waals surface area (Å²) in [5.41, 5.74) is -0.958. The number of carboxylic acid groups (broad SMARTS) is 1. The van der Waals surface area contributed by atoms with Crippen LogP contribution in [0.2, 0.25) is 0 Å². The van der Waals surface area contributed by atoms with Crippen molar-refractivity contribution in [3.8, 4) is 10.8 Å². The predicted molar refractivity (Wildman–Crippen MR) is 83.1 cm³/mol. The molecule has 0 atom stereocenters. The lowest BCUT2D eigenvalue weighted by Crippen LogP contribution is -2.50. The zero-order valence-electron chi connectivity index (χ0n) is 11.7. The predicted octanol–water partition coefficient (Wildman–Crippen LogP) is 3.29. The van der Waals surface area contributed by atoms with Gasteiger partial charge in [-0.3, -0.25) is 10.1 Å². The van der Waals surface area contributed by atoms with E-state index in [-0.39, 0.29) is 6.54 Å². The number of hydrogen-bond donors (Lipinski definition) is 2. The number of hydrogen-bond acceptors (Lipinski definition) is 6. The van der Waals surface area contributed by atoms with Crippen LogP contribution < -0.4 is 5.32 Å². The molecule has 2 rings (SSSR count). The quantitative estimate of drug-likeness (QED) is 0.773. The summed E-state index contributed by atoms with van der Waals surface area (Å²) in [4.78, 5) is 12.3. The lowest BCUT2D eigenvalue weighted by Gasteiger charge is -2.27.